The summed E-state index contributed by atoms with van der Waals surface area (Å²) in [6, 6.07) is 18.6. The molecule has 0 spiro atoms. The molecule has 1 fully saturated rings. The van der Waals surface area contributed by atoms with E-state index in [9.17, 15) is 0 Å². The number of rotatable bonds is 14. The molecule has 3 rings (SSSR count). The minimum atomic E-state index is -0.853. The van der Waals surface area contributed by atoms with Crippen molar-refractivity contribution in [3.8, 4) is 0 Å². The smallest absolute Gasteiger partial charge is 0.157 e. The van der Waals surface area contributed by atoms with Gasteiger partial charge >= 0.3 is 0 Å². The molecule has 1 saturated heterocycles. The molecule has 1 aliphatic heterocycles. The third-order valence-electron chi connectivity index (χ3n) is 8.28. The number of aryl methyl sites for hydroxylation is 2. The number of aliphatic hydroxyl groups is 1. The molecule has 2 aromatic rings. The highest BCUT2D eigenvalue weighted by Gasteiger charge is 2.22. The minimum absolute atomic E-state index is 0.0509. The molecule has 0 aromatic heterocycles. The average molecular weight is 585 g/mol. The van der Waals surface area contributed by atoms with Crippen LogP contribution in [0.3, 0.4) is 0 Å². The summed E-state index contributed by atoms with van der Waals surface area (Å²) in [7, 11) is -1.69. The van der Waals surface area contributed by atoms with Crippen molar-refractivity contribution >= 4 is 28.0 Å². The second-order valence-corrected chi connectivity index (χ2v) is 21.9. The van der Waals surface area contributed by atoms with Gasteiger partial charge < -0.3 is 14.6 Å². The van der Waals surface area contributed by atoms with E-state index >= 15 is 0 Å². The molecule has 1 unspecified atom stereocenters. The maximum atomic E-state index is 8.82. The Labute approximate surface area is 250 Å². The zero-order valence-corrected chi connectivity index (χ0v) is 29.3. The molecular formula is C35H60O3Si2. The van der Waals surface area contributed by atoms with Gasteiger partial charge in [-0.1, -0.05) is 114 Å². The topological polar surface area (TPSA) is 38.7 Å². The van der Waals surface area contributed by atoms with Crippen molar-refractivity contribution in [2.75, 3.05) is 19.8 Å². The molecular weight excluding hydrogens is 525 g/mol. The molecule has 1 aliphatic rings. The summed E-state index contributed by atoms with van der Waals surface area (Å²) in [6.45, 7) is 20.9. The highest BCUT2D eigenvalue weighted by molar-refractivity contribution is 6.76. The Bertz CT molecular complexity index is 887. The molecule has 3 nitrogen and oxygen atoms in total. The van der Waals surface area contributed by atoms with Gasteiger partial charge in [-0.2, -0.15) is 0 Å². The van der Waals surface area contributed by atoms with E-state index < -0.39 is 17.6 Å². The first-order valence-electron chi connectivity index (χ1n) is 16.2. The molecule has 5 heteroatoms. The normalized spacial score (nSPS) is 15.9. The Morgan fingerprint density at radius 3 is 1.52 bits per heavy atom. The van der Waals surface area contributed by atoms with E-state index in [4.69, 9.17) is 14.6 Å². The zero-order valence-electron chi connectivity index (χ0n) is 27.0. The van der Waals surface area contributed by atoms with Crippen LogP contribution in [0.25, 0.3) is 0 Å². The van der Waals surface area contributed by atoms with Gasteiger partial charge in [-0.3, -0.25) is 0 Å². The second-order valence-electron chi connectivity index (χ2n) is 13.1. The summed E-state index contributed by atoms with van der Waals surface area (Å²) < 4.78 is 11.4. The summed E-state index contributed by atoms with van der Waals surface area (Å²) in [4.78, 5) is 0. The predicted molar refractivity (Wildman–Crippen MR) is 180 cm³/mol. The van der Waals surface area contributed by atoms with Crippen LogP contribution in [0.4, 0.5) is 0 Å². The van der Waals surface area contributed by atoms with Gasteiger partial charge in [-0.25, -0.2) is 0 Å². The van der Waals surface area contributed by atoms with Gasteiger partial charge in [0.1, 0.15) is 0 Å². The Kier molecular flexibility index (Phi) is 16.6. The summed E-state index contributed by atoms with van der Waals surface area (Å²) in [5.41, 5.74) is 6.07. The van der Waals surface area contributed by atoms with Gasteiger partial charge in [0.2, 0.25) is 0 Å². The second kappa shape index (κ2) is 19.0. The fourth-order valence-corrected chi connectivity index (χ4v) is 13.9. The Balaban J connectivity index is 0.000000294. The monoisotopic (exact) mass is 584 g/mol. The van der Waals surface area contributed by atoms with E-state index in [1.165, 1.54) is 24.0 Å². The minimum Gasteiger partial charge on any atom is -0.396 e. The fraction of sp³-hybridized carbons (Fsp3) is 0.657. The maximum Gasteiger partial charge on any atom is 0.157 e. The molecule has 40 heavy (non-hydrogen) atoms. The number of hydrogen-bond donors (Lipinski definition) is 1. The van der Waals surface area contributed by atoms with E-state index in [0.717, 1.165) is 67.5 Å². The molecule has 1 N–H and O–H groups in total. The van der Waals surface area contributed by atoms with Crippen LogP contribution in [0.15, 0.2) is 48.5 Å². The van der Waals surface area contributed by atoms with E-state index in [0.29, 0.717) is 0 Å². The first-order chi connectivity index (χ1) is 19.1. The quantitative estimate of drug-likeness (QED) is 0.187. The summed E-state index contributed by atoms with van der Waals surface area (Å²) >= 11 is 0. The van der Waals surface area contributed by atoms with Gasteiger partial charge in [0.15, 0.2) is 6.29 Å². The van der Waals surface area contributed by atoms with Crippen molar-refractivity contribution in [1.29, 1.82) is 0 Å². The molecule has 0 saturated carbocycles. The van der Waals surface area contributed by atoms with Gasteiger partial charge in [0.25, 0.3) is 0 Å². The van der Waals surface area contributed by atoms with Crippen molar-refractivity contribution in [2.24, 2.45) is 0 Å². The summed E-state index contributed by atoms with van der Waals surface area (Å²) in [5.74, 6) is 0. The highest BCUT2D eigenvalue weighted by Crippen LogP contribution is 2.21. The van der Waals surface area contributed by atoms with Gasteiger partial charge in [-0.15, -0.1) is 0 Å². The largest absolute Gasteiger partial charge is 0.396 e. The van der Waals surface area contributed by atoms with Gasteiger partial charge in [0.05, 0.1) is 24.2 Å². The number of aliphatic hydroxyl groups excluding tert-OH is 1. The van der Waals surface area contributed by atoms with Crippen LogP contribution in [0.2, 0.25) is 22.2 Å². The molecule has 2 aromatic carbocycles. The van der Waals surface area contributed by atoms with Crippen LogP contribution in [0, 0.1) is 0 Å². The molecule has 0 aliphatic carbocycles. The molecule has 0 bridgehead atoms. The first-order valence-corrected chi connectivity index (χ1v) is 20.0. The van der Waals surface area contributed by atoms with Crippen molar-refractivity contribution < 1.29 is 14.6 Å². The fourth-order valence-electron chi connectivity index (χ4n) is 6.51. The van der Waals surface area contributed by atoms with E-state index in [-0.39, 0.29) is 12.9 Å². The highest BCUT2D eigenvalue weighted by atomic mass is 28.3. The molecule has 0 radical (unpaired) electrons. The lowest BCUT2D eigenvalue weighted by Gasteiger charge is -2.24. The van der Waals surface area contributed by atoms with Crippen LogP contribution < -0.4 is 10.4 Å². The van der Waals surface area contributed by atoms with Crippen molar-refractivity contribution in [3.05, 3.63) is 59.7 Å². The molecule has 1 atom stereocenters. The zero-order chi connectivity index (χ0) is 29.5. The average Bonchev–Trinajstić information content (AvgIpc) is 2.92. The van der Waals surface area contributed by atoms with Gasteiger partial charge in [0, 0.05) is 13.2 Å². The van der Waals surface area contributed by atoms with Crippen LogP contribution in [0.1, 0.15) is 98.6 Å². The lowest BCUT2D eigenvalue weighted by molar-refractivity contribution is -0.162. The summed E-state index contributed by atoms with van der Waals surface area (Å²) in [5, 5.41) is 12.0. The van der Waals surface area contributed by atoms with Crippen molar-refractivity contribution in [1.82, 2.24) is 0 Å². The standard InChI is InChI=1S/C20H34O2Si.C15H26OSi/c1-16(2)23(17(3)4)19-12-10-18(11-13-19)8-7-15-22-20-9-5-6-14-21-20;1-12(2)17(13(3)4)15-9-7-14(8-10-15)6-5-11-16/h10-13,16-17,20,23H,5-9,14-15H2,1-4H3;7-10,12-13,16-17H,5-6,11H2,1-4H3. The Hall–Kier alpha value is -1.25. The Morgan fingerprint density at radius 2 is 1.15 bits per heavy atom. The van der Waals surface area contributed by atoms with Crippen molar-refractivity contribution in [2.45, 2.75) is 129 Å². The van der Waals surface area contributed by atoms with Crippen LogP contribution in [-0.4, -0.2) is 48.8 Å². The third-order valence-corrected chi connectivity index (χ3v) is 16.3. The van der Waals surface area contributed by atoms with Crippen LogP contribution >= 0.6 is 0 Å². The molecule has 1 heterocycles. The number of hydrogen-bond acceptors (Lipinski definition) is 3. The van der Waals surface area contributed by atoms with E-state index in [2.05, 4.69) is 104 Å². The van der Waals surface area contributed by atoms with E-state index in [1.807, 2.05) is 0 Å². The summed E-state index contributed by atoms with van der Waals surface area (Å²) in [6.07, 6.45) is 7.57. The first kappa shape index (κ1) is 35.0. The van der Waals surface area contributed by atoms with E-state index in [1.54, 1.807) is 10.4 Å². The van der Waals surface area contributed by atoms with Crippen molar-refractivity contribution in [3.63, 3.8) is 0 Å². The predicted octanol–water partition coefficient (Wildman–Crippen LogP) is 7.28. The SMILES string of the molecule is CC(C)[SiH](c1ccc(CCCO)cc1)C(C)C.CC(C)[SiH](c1ccc(CCCOC2CCCCO2)cc1)C(C)C. The number of ether oxygens (including phenoxy) is 2. The maximum absolute atomic E-state index is 8.82. The van der Waals surface area contributed by atoms with Gasteiger partial charge in [-0.05, 0) is 78.2 Å². The number of benzene rings is 2. The molecule has 0 amide bonds. The molecule has 226 valence electrons. The Morgan fingerprint density at radius 1 is 0.700 bits per heavy atom. The van der Waals surface area contributed by atoms with Crippen LogP contribution in [-0.2, 0) is 22.3 Å². The third kappa shape index (κ3) is 12.3. The lowest BCUT2D eigenvalue weighted by atomic mass is 10.1. The lowest BCUT2D eigenvalue weighted by Crippen LogP contribution is -2.35. The van der Waals surface area contributed by atoms with Crippen LogP contribution in [0.5, 0.6) is 0 Å².